The van der Waals surface area contributed by atoms with Crippen LogP contribution in [0.3, 0.4) is 0 Å². The molecule has 280 valence electrons. The van der Waals surface area contributed by atoms with E-state index in [4.69, 9.17) is 9.47 Å². The number of ketones is 1. The van der Waals surface area contributed by atoms with Crippen molar-refractivity contribution in [3.63, 3.8) is 0 Å². The van der Waals surface area contributed by atoms with E-state index in [0.29, 0.717) is 30.7 Å². The van der Waals surface area contributed by atoms with Crippen LogP contribution in [0, 0.1) is 17.3 Å². The Balaban J connectivity index is 1.49. The van der Waals surface area contributed by atoms with Crippen molar-refractivity contribution in [1.82, 2.24) is 20.1 Å². The van der Waals surface area contributed by atoms with E-state index in [-0.39, 0.29) is 60.2 Å². The van der Waals surface area contributed by atoms with Crippen molar-refractivity contribution in [3.8, 4) is 0 Å². The van der Waals surface area contributed by atoms with Gasteiger partial charge in [-0.3, -0.25) is 28.9 Å². The lowest BCUT2D eigenvalue weighted by Crippen LogP contribution is -2.54. The molecule has 11 nitrogen and oxygen atoms in total. The minimum absolute atomic E-state index is 0.00703. The number of aromatic nitrogens is 1. The van der Waals surface area contributed by atoms with E-state index in [0.717, 1.165) is 37.8 Å². The third-order valence-electron chi connectivity index (χ3n) is 10.7. The van der Waals surface area contributed by atoms with Gasteiger partial charge in [-0.25, -0.2) is 4.98 Å². The number of carbonyl (C=O) groups excluding carboxylic acids is 5. The number of ether oxygens (including phenoxy) is 2. The molecule has 2 fully saturated rings. The Morgan fingerprint density at radius 2 is 1.76 bits per heavy atom. The number of thiazole rings is 1. The zero-order chi connectivity index (χ0) is 37.3. The van der Waals surface area contributed by atoms with Gasteiger partial charge >= 0.3 is 11.9 Å². The molecule has 0 unspecified atom stereocenters. The number of amides is 2. The first-order chi connectivity index (χ1) is 24.2. The number of likely N-dealkylation sites (N-methyl/N-ethyl adjacent to an activating group) is 1. The Morgan fingerprint density at radius 1 is 1.06 bits per heavy atom. The van der Waals surface area contributed by atoms with Crippen LogP contribution in [0.25, 0.3) is 0 Å². The molecule has 1 aliphatic carbocycles. The molecule has 1 saturated heterocycles. The van der Waals surface area contributed by atoms with Crippen LogP contribution in [0.2, 0.25) is 0 Å². The molecule has 0 bridgehead atoms. The summed E-state index contributed by atoms with van der Waals surface area (Å²) in [5.41, 5.74) is 0.491. The van der Waals surface area contributed by atoms with Gasteiger partial charge in [0.2, 0.25) is 5.91 Å². The minimum Gasteiger partial charge on any atom is -0.469 e. The van der Waals surface area contributed by atoms with E-state index < -0.39 is 29.3 Å². The minimum atomic E-state index is -0.786. The maximum Gasteiger partial charge on any atom is 0.308 e. The first kappa shape index (κ1) is 40.1. The van der Waals surface area contributed by atoms with Gasteiger partial charge in [-0.1, -0.05) is 63.9 Å². The van der Waals surface area contributed by atoms with E-state index in [1.54, 1.807) is 24.3 Å². The topological polar surface area (TPSA) is 135 Å². The molecule has 12 heteroatoms. The van der Waals surface area contributed by atoms with Crippen molar-refractivity contribution in [2.45, 2.75) is 116 Å². The summed E-state index contributed by atoms with van der Waals surface area (Å²) >= 11 is 1.22. The molecule has 1 aliphatic heterocycles. The van der Waals surface area contributed by atoms with Crippen molar-refractivity contribution in [2.24, 2.45) is 17.3 Å². The number of nitrogens with one attached hydrogen (secondary N) is 1. The van der Waals surface area contributed by atoms with Gasteiger partial charge in [0, 0.05) is 44.3 Å². The molecule has 2 amide bonds. The number of likely N-dealkylation sites (tertiary alicyclic amines) is 1. The molecule has 2 aromatic rings. The Labute approximate surface area is 306 Å². The zero-order valence-electron chi connectivity index (χ0n) is 31.3. The quantitative estimate of drug-likeness (QED) is 0.202. The van der Waals surface area contributed by atoms with Gasteiger partial charge in [0.15, 0.2) is 11.9 Å². The van der Waals surface area contributed by atoms with Gasteiger partial charge in [0.1, 0.15) is 10.7 Å². The molecule has 4 rings (SSSR count). The van der Waals surface area contributed by atoms with Gasteiger partial charge in [0.25, 0.3) is 5.91 Å². The summed E-state index contributed by atoms with van der Waals surface area (Å²) < 4.78 is 10.7. The van der Waals surface area contributed by atoms with Crippen LogP contribution in [0.5, 0.6) is 0 Å². The number of hydrogen-bond donors (Lipinski definition) is 1. The van der Waals surface area contributed by atoms with Gasteiger partial charge in [-0.15, -0.1) is 11.3 Å². The van der Waals surface area contributed by atoms with Gasteiger partial charge in [-0.2, -0.15) is 0 Å². The molecule has 5 atom stereocenters. The fraction of sp³-hybridized carbons (Fsp3) is 0.641. The summed E-state index contributed by atoms with van der Waals surface area (Å²) in [5, 5.41) is 5.15. The van der Waals surface area contributed by atoms with Crippen molar-refractivity contribution in [1.29, 1.82) is 0 Å². The van der Waals surface area contributed by atoms with Crippen molar-refractivity contribution < 1.29 is 33.4 Å². The van der Waals surface area contributed by atoms with E-state index >= 15 is 0 Å². The van der Waals surface area contributed by atoms with E-state index in [1.165, 1.54) is 25.4 Å². The zero-order valence-corrected chi connectivity index (χ0v) is 32.1. The second-order valence-corrected chi connectivity index (χ2v) is 15.8. The number of benzene rings is 1. The molecule has 2 heterocycles. The standard InChI is InChI=1S/C39H56N4O7S/c1-25(2)32(43(6)38(48)39(17-13-18-39)23-33(45)31-16-11-12-19-42(31)5)22-34(50-27(4)44)36-41-30(24-51-36)35(46)40-29(20-26(3)37(47)49-7)21-28-14-9-8-10-15-28/h8-10,14-15,24-26,29,31-32,34H,11-13,16-23H2,1-7H3,(H,40,46)/t26-,29+,31+,32+,34+/m0/s1. The van der Waals surface area contributed by atoms with Crippen LogP contribution < -0.4 is 5.32 Å². The molecule has 1 N–H and O–H groups in total. The van der Waals surface area contributed by atoms with Crippen molar-refractivity contribution in [3.05, 3.63) is 52.0 Å². The van der Waals surface area contributed by atoms with Crippen molar-refractivity contribution in [2.75, 3.05) is 27.7 Å². The Hall–Kier alpha value is -3.64. The number of Topliss-reactive ketones (excluding diaryl/α,β-unsaturated/α-hetero) is 1. The van der Waals surface area contributed by atoms with Crippen LogP contribution in [0.1, 0.15) is 113 Å². The average molecular weight is 725 g/mol. The summed E-state index contributed by atoms with van der Waals surface area (Å²) in [6.45, 7) is 8.05. The number of rotatable bonds is 17. The van der Waals surface area contributed by atoms with Crippen LogP contribution >= 0.6 is 11.3 Å². The summed E-state index contributed by atoms with van der Waals surface area (Å²) in [4.78, 5) is 74.4. The van der Waals surface area contributed by atoms with Crippen LogP contribution in [-0.4, -0.2) is 90.2 Å². The number of piperidine rings is 1. The first-order valence-electron chi connectivity index (χ1n) is 18.3. The number of hydrogen-bond acceptors (Lipinski definition) is 10. The second kappa shape index (κ2) is 18.2. The number of nitrogens with zero attached hydrogens (tertiary/aromatic N) is 3. The molecule has 2 aliphatic rings. The highest BCUT2D eigenvalue weighted by Crippen LogP contribution is 2.47. The average Bonchev–Trinajstić information content (AvgIpc) is 3.58. The maximum absolute atomic E-state index is 14.3. The highest BCUT2D eigenvalue weighted by Gasteiger charge is 2.49. The second-order valence-electron chi connectivity index (χ2n) is 14.9. The Morgan fingerprint density at radius 3 is 2.35 bits per heavy atom. The highest BCUT2D eigenvalue weighted by molar-refractivity contribution is 7.09. The summed E-state index contributed by atoms with van der Waals surface area (Å²) in [7, 11) is 5.13. The van der Waals surface area contributed by atoms with Gasteiger partial charge in [0.05, 0.1) is 24.5 Å². The summed E-state index contributed by atoms with van der Waals surface area (Å²) in [6, 6.07) is 8.91. The molecule has 0 spiro atoms. The van der Waals surface area contributed by atoms with Crippen LogP contribution in [0.15, 0.2) is 35.7 Å². The van der Waals surface area contributed by atoms with Gasteiger partial charge < -0.3 is 19.7 Å². The monoisotopic (exact) mass is 724 g/mol. The molecule has 0 radical (unpaired) electrons. The predicted octanol–water partition coefficient (Wildman–Crippen LogP) is 5.77. The Kier molecular flexibility index (Phi) is 14.3. The number of esters is 2. The SMILES string of the molecule is COC(=O)[C@@H](C)C[C@H](Cc1ccccc1)NC(=O)c1csc([C@@H](C[C@H](C(C)C)N(C)C(=O)C2(CC(=O)[C@H]3CCCCN3C)CCC2)OC(C)=O)n1. The number of methoxy groups -OCH3 is 1. The fourth-order valence-corrected chi connectivity index (χ4v) is 8.48. The van der Waals surface area contributed by atoms with Crippen LogP contribution in [0.4, 0.5) is 0 Å². The lowest BCUT2D eigenvalue weighted by Gasteiger charge is -2.46. The van der Waals surface area contributed by atoms with E-state index in [9.17, 15) is 24.0 Å². The van der Waals surface area contributed by atoms with Crippen molar-refractivity contribution >= 4 is 40.9 Å². The highest BCUT2D eigenvalue weighted by atomic mass is 32.1. The van der Waals surface area contributed by atoms with Gasteiger partial charge in [-0.05, 0) is 63.6 Å². The number of carbonyl (C=O) groups is 5. The maximum atomic E-state index is 14.3. The van der Waals surface area contributed by atoms with E-state index in [1.807, 2.05) is 51.2 Å². The first-order valence-corrected chi connectivity index (χ1v) is 19.2. The Bertz CT molecular complexity index is 1510. The third kappa shape index (κ3) is 10.5. The van der Waals surface area contributed by atoms with Crippen LogP contribution in [-0.2, 0) is 35.1 Å². The fourth-order valence-electron chi connectivity index (χ4n) is 7.64. The summed E-state index contributed by atoms with van der Waals surface area (Å²) in [6.07, 6.45) is 5.87. The predicted molar refractivity (Wildman–Crippen MR) is 196 cm³/mol. The molecule has 1 saturated carbocycles. The summed E-state index contributed by atoms with van der Waals surface area (Å²) in [5.74, 6) is -1.55. The van der Waals surface area contributed by atoms with E-state index in [2.05, 4.69) is 15.2 Å². The molecular formula is C39H56N4O7S. The molecule has 1 aromatic carbocycles. The lowest BCUT2D eigenvalue weighted by atomic mass is 9.64. The smallest absolute Gasteiger partial charge is 0.308 e. The molecule has 51 heavy (non-hydrogen) atoms. The molecule has 1 aromatic heterocycles. The largest absolute Gasteiger partial charge is 0.469 e. The lowest BCUT2D eigenvalue weighted by molar-refractivity contribution is -0.155. The molecular weight excluding hydrogens is 669 g/mol. The third-order valence-corrected chi connectivity index (χ3v) is 11.6. The normalized spacial score (nSPS) is 19.6.